The average Bonchev–Trinajstić information content (AvgIpc) is 2.83. The Morgan fingerprint density at radius 1 is 1.31 bits per heavy atom. The van der Waals surface area contributed by atoms with E-state index in [9.17, 15) is 0 Å². The van der Waals surface area contributed by atoms with Crippen molar-refractivity contribution in [1.82, 2.24) is 14.9 Å². The summed E-state index contributed by atoms with van der Waals surface area (Å²) in [4.78, 5) is 4.14. The maximum Gasteiger partial charge on any atom is 0.0949 e. The zero-order valence-corrected chi connectivity index (χ0v) is 9.55. The molecule has 88 valence electrons. The van der Waals surface area contributed by atoms with Gasteiger partial charge >= 0.3 is 0 Å². The second-order valence-electron chi connectivity index (χ2n) is 5.21. The van der Waals surface area contributed by atoms with E-state index in [1.807, 2.05) is 12.5 Å². The molecule has 2 unspecified atom stereocenters. The lowest BCUT2D eigenvalue weighted by Crippen LogP contribution is -2.52. The lowest BCUT2D eigenvalue weighted by Gasteiger charge is -2.37. The van der Waals surface area contributed by atoms with Crippen molar-refractivity contribution < 1.29 is 0 Å². The van der Waals surface area contributed by atoms with Crippen LogP contribution in [0.2, 0.25) is 0 Å². The molecule has 2 atom stereocenters. The van der Waals surface area contributed by atoms with Crippen LogP contribution in [-0.4, -0.2) is 27.7 Å². The van der Waals surface area contributed by atoms with Gasteiger partial charge < -0.3 is 15.6 Å². The topological polar surface area (TPSA) is 55.9 Å². The number of rotatable bonds is 3. The van der Waals surface area contributed by atoms with Crippen LogP contribution >= 0.6 is 0 Å². The number of imidazole rings is 1. The van der Waals surface area contributed by atoms with E-state index in [1.165, 1.54) is 19.3 Å². The van der Waals surface area contributed by atoms with E-state index in [2.05, 4.69) is 21.1 Å². The zero-order chi connectivity index (χ0) is 11.0. The number of hydrogen-bond acceptors (Lipinski definition) is 3. The first-order valence-electron chi connectivity index (χ1n) is 6.32. The average molecular weight is 220 g/mol. The van der Waals surface area contributed by atoms with Gasteiger partial charge in [-0.3, -0.25) is 0 Å². The van der Waals surface area contributed by atoms with Gasteiger partial charge in [0, 0.05) is 36.6 Å². The normalized spacial score (nSPS) is 38.6. The molecule has 1 aromatic heterocycles. The van der Waals surface area contributed by atoms with E-state index in [0.717, 1.165) is 12.8 Å². The quantitative estimate of drug-likeness (QED) is 0.800. The van der Waals surface area contributed by atoms with Crippen molar-refractivity contribution in [3.63, 3.8) is 0 Å². The molecule has 1 heterocycles. The molecule has 3 N–H and O–H groups in total. The van der Waals surface area contributed by atoms with Crippen LogP contribution in [0.15, 0.2) is 18.7 Å². The lowest BCUT2D eigenvalue weighted by atomic mass is 9.87. The highest BCUT2D eigenvalue weighted by Crippen LogP contribution is 2.32. The second-order valence-corrected chi connectivity index (χ2v) is 5.21. The molecule has 2 saturated carbocycles. The number of aromatic nitrogens is 2. The first kappa shape index (κ1) is 10.3. The minimum atomic E-state index is 0.436. The second kappa shape index (κ2) is 4.18. The standard InChI is InChI=1S/C12H20N4/c13-9-6-10(7-9)15-11-2-1-3-12(11)16-5-4-14-8-16/h4-5,8-12,15H,1-3,6-7,13H2. The molecule has 2 aliphatic carbocycles. The Kier molecular flexibility index (Phi) is 2.69. The van der Waals surface area contributed by atoms with Gasteiger partial charge in [0.05, 0.1) is 6.33 Å². The van der Waals surface area contributed by atoms with Crippen molar-refractivity contribution >= 4 is 0 Å². The van der Waals surface area contributed by atoms with Crippen molar-refractivity contribution in [2.75, 3.05) is 0 Å². The van der Waals surface area contributed by atoms with E-state index in [1.54, 1.807) is 0 Å². The molecule has 0 amide bonds. The van der Waals surface area contributed by atoms with E-state index >= 15 is 0 Å². The summed E-state index contributed by atoms with van der Waals surface area (Å²) in [6, 6.07) is 2.31. The third kappa shape index (κ3) is 1.87. The van der Waals surface area contributed by atoms with Crippen LogP contribution in [-0.2, 0) is 0 Å². The molecule has 4 heteroatoms. The van der Waals surface area contributed by atoms with Crippen LogP contribution in [0.4, 0.5) is 0 Å². The van der Waals surface area contributed by atoms with Crippen LogP contribution in [0, 0.1) is 0 Å². The zero-order valence-electron chi connectivity index (χ0n) is 9.55. The first-order valence-corrected chi connectivity index (χ1v) is 6.32. The predicted molar refractivity (Wildman–Crippen MR) is 63.0 cm³/mol. The summed E-state index contributed by atoms with van der Waals surface area (Å²) >= 11 is 0. The van der Waals surface area contributed by atoms with E-state index in [-0.39, 0.29) is 0 Å². The van der Waals surface area contributed by atoms with Crippen LogP contribution in [0.5, 0.6) is 0 Å². The number of nitrogens with zero attached hydrogens (tertiary/aromatic N) is 2. The molecule has 1 aromatic rings. The Labute approximate surface area is 96.2 Å². The molecule has 0 bridgehead atoms. The van der Waals surface area contributed by atoms with Crippen molar-refractivity contribution in [1.29, 1.82) is 0 Å². The summed E-state index contributed by atoms with van der Waals surface area (Å²) < 4.78 is 2.25. The fourth-order valence-corrected chi connectivity index (χ4v) is 3.06. The molecular weight excluding hydrogens is 200 g/mol. The summed E-state index contributed by atoms with van der Waals surface area (Å²) in [5.74, 6) is 0. The van der Waals surface area contributed by atoms with Crippen molar-refractivity contribution in [2.45, 2.75) is 56.3 Å². The van der Waals surface area contributed by atoms with Gasteiger partial charge in [0.1, 0.15) is 0 Å². The van der Waals surface area contributed by atoms with Gasteiger partial charge in [0.25, 0.3) is 0 Å². The maximum atomic E-state index is 5.82. The predicted octanol–water partition coefficient (Wildman–Crippen LogP) is 1.06. The van der Waals surface area contributed by atoms with E-state index < -0.39 is 0 Å². The Morgan fingerprint density at radius 2 is 2.19 bits per heavy atom. The summed E-state index contributed by atoms with van der Waals surface area (Å²) in [6.45, 7) is 0. The Bertz CT molecular complexity index is 329. The maximum absolute atomic E-state index is 5.82. The summed E-state index contributed by atoms with van der Waals surface area (Å²) in [7, 11) is 0. The summed E-state index contributed by atoms with van der Waals surface area (Å²) in [5.41, 5.74) is 5.82. The third-order valence-corrected chi connectivity index (χ3v) is 4.01. The number of nitrogens with two attached hydrogens (primary N) is 1. The molecule has 0 saturated heterocycles. The Morgan fingerprint density at radius 3 is 2.88 bits per heavy atom. The van der Waals surface area contributed by atoms with Gasteiger partial charge in [-0.25, -0.2) is 4.98 Å². The smallest absolute Gasteiger partial charge is 0.0949 e. The van der Waals surface area contributed by atoms with Gasteiger partial charge in [-0.1, -0.05) is 0 Å². The van der Waals surface area contributed by atoms with Gasteiger partial charge in [-0.05, 0) is 32.1 Å². The van der Waals surface area contributed by atoms with E-state index in [4.69, 9.17) is 5.73 Å². The first-order chi connectivity index (χ1) is 7.83. The van der Waals surface area contributed by atoms with Crippen LogP contribution in [0.25, 0.3) is 0 Å². The molecule has 0 spiro atoms. The monoisotopic (exact) mass is 220 g/mol. The molecule has 0 radical (unpaired) electrons. The van der Waals surface area contributed by atoms with Gasteiger partial charge in [0.2, 0.25) is 0 Å². The fourth-order valence-electron chi connectivity index (χ4n) is 3.06. The van der Waals surface area contributed by atoms with Crippen LogP contribution in [0.3, 0.4) is 0 Å². The number of nitrogens with one attached hydrogen (secondary N) is 1. The molecule has 2 fully saturated rings. The third-order valence-electron chi connectivity index (χ3n) is 4.01. The van der Waals surface area contributed by atoms with Crippen molar-refractivity contribution in [3.05, 3.63) is 18.7 Å². The van der Waals surface area contributed by atoms with Gasteiger partial charge in [-0.15, -0.1) is 0 Å². The van der Waals surface area contributed by atoms with Crippen LogP contribution in [0.1, 0.15) is 38.1 Å². The van der Waals surface area contributed by atoms with E-state index in [0.29, 0.717) is 24.2 Å². The van der Waals surface area contributed by atoms with Crippen LogP contribution < -0.4 is 11.1 Å². The molecule has 4 nitrogen and oxygen atoms in total. The SMILES string of the molecule is NC1CC(NC2CCCC2n2ccnc2)C1. The minimum Gasteiger partial charge on any atom is -0.333 e. The summed E-state index contributed by atoms with van der Waals surface area (Å²) in [5, 5.41) is 3.76. The minimum absolute atomic E-state index is 0.436. The highest BCUT2D eigenvalue weighted by atomic mass is 15.1. The Balaban J connectivity index is 1.61. The molecule has 2 aliphatic rings. The summed E-state index contributed by atoms with van der Waals surface area (Å²) in [6.07, 6.45) is 12.1. The largest absolute Gasteiger partial charge is 0.333 e. The lowest BCUT2D eigenvalue weighted by molar-refractivity contribution is 0.244. The molecule has 16 heavy (non-hydrogen) atoms. The Hall–Kier alpha value is -0.870. The molecule has 0 aliphatic heterocycles. The molecule has 0 aromatic carbocycles. The fraction of sp³-hybridized carbons (Fsp3) is 0.750. The van der Waals surface area contributed by atoms with Gasteiger partial charge in [0.15, 0.2) is 0 Å². The van der Waals surface area contributed by atoms with Crippen molar-refractivity contribution in [3.8, 4) is 0 Å². The van der Waals surface area contributed by atoms with Crippen molar-refractivity contribution in [2.24, 2.45) is 5.73 Å². The highest BCUT2D eigenvalue weighted by Gasteiger charge is 2.33. The number of hydrogen-bond donors (Lipinski definition) is 2. The van der Waals surface area contributed by atoms with Gasteiger partial charge in [-0.2, -0.15) is 0 Å². The molecule has 3 rings (SSSR count). The highest BCUT2D eigenvalue weighted by molar-refractivity contribution is 4.96. The molecular formula is C12H20N4.